The van der Waals surface area contributed by atoms with Crippen LogP contribution in [-0.2, 0) is 9.53 Å². The maximum Gasteiger partial charge on any atom is 0.354 e. The van der Waals surface area contributed by atoms with Gasteiger partial charge in [-0.25, -0.2) is 9.78 Å². The summed E-state index contributed by atoms with van der Waals surface area (Å²) in [6.07, 6.45) is 4.39. The molecule has 3 rings (SSSR count). The lowest BCUT2D eigenvalue weighted by molar-refractivity contribution is -0.121. The van der Waals surface area contributed by atoms with Crippen LogP contribution in [0.25, 0.3) is 0 Å². The lowest BCUT2D eigenvalue weighted by Gasteiger charge is -2.17. The van der Waals surface area contributed by atoms with E-state index in [1.54, 1.807) is 6.07 Å². The Kier molecular flexibility index (Phi) is 2.94. The van der Waals surface area contributed by atoms with Crippen LogP contribution in [0.15, 0.2) is 18.3 Å². The highest BCUT2D eigenvalue weighted by molar-refractivity contribution is 5.93. The van der Waals surface area contributed by atoms with E-state index in [-0.39, 0.29) is 29.7 Å². The fraction of sp³-hybridized carbons (Fsp3) is 0.462. The lowest BCUT2D eigenvalue weighted by atomic mass is 9.88. The summed E-state index contributed by atoms with van der Waals surface area (Å²) in [5.41, 5.74) is 0.471. The predicted molar refractivity (Wildman–Crippen MR) is 65.8 cm³/mol. The van der Waals surface area contributed by atoms with Crippen LogP contribution < -0.4 is 5.32 Å². The average molecular weight is 262 g/mol. The number of ether oxygens (including phenoxy) is 1. The second-order valence-electron chi connectivity index (χ2n) is 4.94. The molecule has 0 radical (unpaired) electrons. The fourth-order valence-electron chi connectivity index (χ4n) is 2.74. The van der Waals surface area contributed by atoms with Crippen molar-refractivity contribution in [1.82, 2.24) is 4.98 Å². The summed E-state index contributed by atoms with van der Waals surface area (Å²) in [7, 11) is 0. The van der Waals surface area contributed by atoms with Gasteiger partial charge in [0.15, 0.2) is 0 Å². The predicted octanol–water partition coefficient (Wildman–Crippen LogP) is 1.29. The van der Waals surface area contributed by atoms with Gasteiger partial charge in [0.2, 0.25) is 5.91 Å². The number of carboxylic acid groups (broad SMARTS) is 1. The molecule has 2 fully saturated rings. The van der Waals surface area contributed by atoms with Crippen LogP contribution >= 0.6 is 0 Å². The maximum absolute atomic E-state index is 12.1. The number of rotatable bonds is 3. The van der Waals surface area contributed by atoms with Crippen LogP contribution in [-0.4, -0.2) is 34.2 Å². The van der Waals surface area contributed by atoms with E-state index < -0.39 is 5.97 Å². The Morgan fingerprint density at radius 2 is 2.21 bits per heavy atom. The molecule has 3 atom stereocenters. The Morgan fingerprint density at radius 3 is 2.74 bits per heavy atom. The smallest absolute Gasteiger partial charge is 0.354 e. The minimum absolute atomic E-state index is 0.0382. The molecular formula is C13H14N2O4. The van der Waals surface area contributed by atoms with Crippen LogP contribution in [0.5, 0.6) is 0 Å². The number of hydrogen-bond acceptors (Lipinski definition) is 4. The summed E-state index contributed by atoms with van der Waals surface area (Å²) >= 11 is 0. The molecule has 2 bridgehead atoms. The molecule has 1 aromatic rings. The van der Waals surface area contributed by atoms with Gasteiger partial charge < -0.3 is 15.2 Å². The third-order valence-electron chi connectivity index (χ3n) is 3.69. The molecule has 6 nitrogen and oxygen atoms in total. The number of nitrogens with one attached hydrogen (secondary N) is 1. The lowest BCUT2D eigenvalue weighted by Crippen LogP contribution is -2.30. The van der Waals surface area contributed by atoms with Gasteiger partial charge in [-0.3, -0.25) is 4.79 Å². The normalized spacial score (nSPS) is 28.3. The second-order valence-corrected chi connectivity index (χ2v) is 4.94. The Bertz CT molecular complexity index is 514. The molecule has 0 spiro atoms. The summed E-state index contributed by atoms with van der Waals surface area (Å²) in [5, 5.41) is 11.5. The first kappa shape index (κ1) is 12.1. The largest absolute Gasteiger partial charge is 0.477 e. The molecule has 1 amide bonds. The van der Waals surface area contributed by atoms with Crippen LogP contribution in [0.4, 0.5) is 5.69 Å². The first-order chi connectivity index (χ1) is 9.13. The van der Waals surface area contributed by atoms with Gasteiger partial charge in [-0.05, 0) is 31.4 Å². The Labute approximate surface area is 109 Å². The van der Waals surface area contributed by atoms with E-state index in [0.29, 0.717) is 5.69 Å². The van der Waals surface area contributed by atoms with E-state index in [1.807, 2.05) is 0 Å². The molecule has 2 aliphatic rings. The van der Waals surface area contributed by atoms with E-state index >= 15 is 0 Å². The number of nitrogens with zero attached hydrogens (tertiary/aromatic N) is 1. The number of pyridine rings is 1. The number of carboxylic acids is 1. The molecule has 100 valence electrons. The van der Waals surface area contributed by atoms with Crippen LogP contribution in [0.2, 0.25) is 0 Å². The highest BCUT2D eigenvalue weighted by Gasteiger charge is 2.44. The van der Waals surface area contributed by atoms with Crippen molar-refractivity contribution >= 4 is 17.6 Å². The molecule has 19 heavy (non-hydrogen) atoms. The third kappa shape index (κ3) is 2.31. The molecule has 6 heteroatoms. The van der Waals surface area contributed by atoms with Crippen molar-refractivity contribution in [2.24, 2.45) is 5.92 Å². The van der Waals surface area contributed by atoms with Gasteiger partial charge in [-0.1, -0.05) is 0 Å². The van der Waals surface area contributed by atoms with Crippen LogP contribution in [0, 0.1) is 5.92 Å². The zero-order chi connectivity index (χ0) is 13.4. The van der Waals surface area contributed by atoms with Crippen LogP contribution in [0.1, 0.15) is 29.8 Å². The van der Waals surface area contributed by atoms with Crippen LogP contribution in [0.3, 0.4) is 0 Å². The molecule has 2 N–H and O–H groups in total. The van der Waals surface area contributed by atoms with E-state index in [2.05, 4.69) is 10.3 Å². The van der Waals surface area contributed by atoms with Gasteiger partial charge in [0.05, 0.1) is 30.0 Å². The molecule has 2 aliphatic heterocycles. The quantitative estimate of drug-likeness (QED) is 0.856. The van der Waals surface area contributed by atoms with Crippen molar-refractivity contribution in [1.29, 1.82) is 0 Å². The zero-order valence-electron chi connectivity index (χ0n) is 10.2. The number of carbonyl (C=O) groups is 2. The molecule has 0 aromatic carbocycles. The number of anilines is 1. The van der Waals surface area contributed by atoms with E-state index in [9.17, 15) is 9.59 Å². The van der Waals surface area contributed by atoms with Crippen molar-refractivity contribution in [3.8, 4) is 0 Å². The van der Waals surface area contributed by atoms with E-state index in [4.69, 9.17) is 9.84 Å². The first-order valence-corrected chi connectivity index (χ1v) is 6.29. The van der Waals surface area contributed by atoms with Gasteiger partial charge in [0.25, 0.3) is 0 Å². The SMILES string of the molecule is O=C(O)c1ccc(NC(=O)[C@H]2C[C@H]3CC[C@H]2O3)cn1. The Morgan fingerprint density at radius 1 is 1.37 bits per heavy atom. The van der Waals surface area contributed by atoms with Crippen molar-refractivity contribution in [2.45, 2.75) is 31.5 Å². The topological polar surface area (TPSA) is 88.5 Å². The molecule has 2 saturated heterocycles. The maximum atomic E-state index is 12.1. The molecule has 3 heterocycles. The fourth-order valence-corrected chi connectivity index (χ4v) is 2.74. The Hall–Kier alpha value is -1.95. The van der Waals surface area contributed by atoms with Gasteiger partial charge in [0.1, 0.15) is 5.69 Å². The van der Waals surface area contributed by atoms with Gasteiger partial charge >= 0.3 is 5.97 Å². The molecule has 1 aromatic heterocycles. The first-order valence-electron chi connectivity index (χ1n) is 6.29. The molecule has 0 aliphatic carbocycles. The Balaban J connectivity index is 1.64. The third-order valence-corrected chi connectivity index (χ3v) is 3.69. The molecule has 0 unspecified atom stereocenters. The highest BCUT2D eigenvalue weighted by Crippen LogP contribution is 2.39. The number of aromatic nitrogens is 1. The summed E-state index contributed by atoms with van der Waals surface area (Å²) in [6, 6.07) is 2.91. The van der Waals surface area contributed by atoms with Crippen molar-refractivity contribution in [2.75, 3.05) is 5.32 Å². The zero-order valence-corrected chi connectivity index (χ0v) is 10.2. The molecule has 0 saturated carbocycles. The average Bonchev–Trinajstić information content (AvgIpc) is 3.01. The van der Waals surface area contributed by atoms with Gasteiger partial charge in [-0.2, -0.15) is 0 Å². The highest BCUT2D eigenvalue weighted by atomic mass is 16.5. The number of hydrogen-bond donors (Lipinski definition) is 2. The minimum atomic E-state index is -1.08. The van der Waals surface area contributed by atoms with Crippen molar-refractivity contribution < 1.29 is 19.4 Å². The van der Waals surface area contributed by atoms with Crippen molar-refractivity contribution in [3.05, 3.63) is 24.0 Å². The minimum Gasteiger partial charge on any atom is -0.477 e. The number of amides is 1. The van der Waals surface area contributed by atoms with E-state index in [1.165, 1.54) is 12.3 Å². The van der Waals surface area contributed by atoms with E-state index in [0.717, 1.165) is 19.3 Å². The van der Waals surface area contributed by atoms with Crippen molar-refractivity contribution in [3.63, 3.8) is 0 Å². The summed E-state index contributed by atoms with van der Waals surface area (Å²) in [4.78, 5) is 26.5. The monoisotopic (exact) mass is 262 g/mol. The van der Waals surface area contributed by atoms with Gasteiger partial charge in [-0.15, -0.1) is 0 Å². The number of carbonyl (C=O) groups excluding carboxylic acids is 1. The van der Waals surface area contributed by atoms with Gasteiger partial charge in [0, 0.05) is 0 Å². The summed E-state index contributed by atoms with van der Waals surface area (Å²) < 4.78 is 5.64. The summed E-state index contributed by atoms with van der Waals surface area (Å²) in [5.74, 6) is -1.26. The number of aromatic carboxylic acids is 1. The molecular weight excluding hydrogens is 248 g/mol. The number of fused-ring (bicyclic) bond motifs is 2. The standard InChI is InChI=1S/C13H14N2O4/c16-12(9-5-8-2-4-11(9)19-8)15-7-1-3-10(13(17)18)14-6-7/h1,3,6,8-9,11H,2,4-5H2,(H,15,16)(H,17,18)/t8-,9+,11-/m1/s1. The second kappa shape index (κ2) is 4.62. The summed E-state index contributed by atoms with van der Waals surface area (Å²) in [6.45, 7) is 0.